The number of nitrogens with zero attached hydrogens (tertiary/aromatic N) is 2. The first-order valence-corrected chi connectivity index (χ1v) is 13.3. The summed E-state index contributed by atoms with van der Waals surface area (Å²) >= 11 is 0. The van der Waals surface area contributed by atoms with Crippen molar-refractivity contribution in [1.82, 2.24) is 10.2 Å². The van der Waals surface area contributed by atoms with Crippen LogP contribution in [0.15, 0.2) is 48.5 Å². The molecule has 2 amide bonds. The average molecular weight is 492 g/mol. The predicted octanol–water partition coefficient (Wildman–Crippen LogP) is 3.49. The van der Waals surface area contributed by atoms with E-state index in [9.17, 15) is 22.4 Å². The van der Waals surface area contributed by atoms with E-state index in [0.717, 1.165) is 22.5 Å². The fourth-order valence-electron chi connectivity index (χ4n) is 3.72. The van der Waals surface area contributed by atoms with Crippen molar-refractivity contribution in [2.45, 2.75) is 52.6 Å². The maximum atomic E-state index is 13.6. The van der Waals surface area contributed by atoms with Gasteiger partial charge in [-0.05, 0) is 48.6 Å². The number of hydrogen-bond acceptors (Lipinski definition) is 4. The van der Waals surface area contributed by atoms with Gasteiger partial charge in [-0.15, -0.1) is 0 Å². The molecule has 9 heteroatoms. The topological polar surface area (TPSA) is 86.8 Å². The molecule has 1 unspecified atom stereocenters. The molecule has 2 aromatic rings. The number of halogens is 1. The number of rotatable bonds is 12. The number of nitrogens with one attached hydrogen (secondary N) is 1. The van der Waals surface area contributed by atoms with Gasteiger partial charge in [0.25, 0.3) is 0 Å². The normalized spacial score (nSPS) is 12.1. The highest BCUT2D eigenvalue weighted by molar-refractivity contribution is 7.92. The Kier molecular flexibility index (Phi) is 10.0. The largest absolute Gasteiger partial charge is 0.354 e. The van der Waals surface area contributed by atoms with Gasteiger partial charge in [-0.3, -0.25) is 13.9 Å². The van der Waals surface area contributed by atoms with Crippen molar-refractivity contribution in [1.29, 1.82) is 0 Å². The lowest BCUT2D eigenvalue weighted by Crippen LogP contribution is -2.52. The molecule has 1 N–H and O–H groups in total. The smallest absolute Gasteiger partial charge is 0.244 e. The number of sulfonamides is 1. The Morgan fingerprint density at radius 2 is 1.68 bits per heavy atom. The van der Waals surface area contributed by atoms with Crippen LogP contribution in [0.5, 0.6) is 0 Å². The highest BCUT2D eigenvalue weighted by Gasteiger charge is 2.32. The van der Waals surface area contributed by atoms with Gasteiger partial charge < -0.3 is 10.2 Å². The molecule has 0 aliphatic carbocycles. The summed E-state index contributed by atoms with van der Waals surface area (Å²) in [5.74, 6) is -1.23. The minimum Gasteiger partial charge on any atom is -0.354 e. The van der Waals surface area contributed by atoms with Crippen LogP contribution < -0.4 is 9.62 Å². The lowest BCUT2D eigenvalue weighted by molar-refractivity contribution is -0.140. The minimum atomic E-state index is -3.79. The van der Waals surface area contributed by atoms with E-state index in [0.29, 0.717) is 30.6 Å². The van der Waals surface area contributed by atoms with Crippen LogP contribution in [-0.4, -0.2) is 50.5 Å². The van der Waals surface area contributed by atoms with E-state index in [1.54, 1.807) is 31.2 Å². The summed E-state index contributed by atoms with van der Waals surface area (Å²) in [4.78, 5) is 27.8. The second-order valence-electron chi connectivity index (χ2n) is 8.12. The van der Waals surface area contributed by atoms with Gasteiger partial charge in [-0.1, -0.05) is 51.1 Å². The first-order valence-electron chi connectivity index (χ1n) is 11.5. The van der Waals surface area contributed by atoms with Crippen LogP contribution in [-0.2, 0) is 32.6 Å². The number of benzene rings is 2. The molecule has 0 saturated carbocycles. The maximum absolute atomic E-state index is 13.6. The molecule has 186 valence electrons. The van der Waals surface area contributed by atoms with E-state index in [1.165, 1.54) is 17.0 Å². The Bertz CT molecular complexity index is 1070. The lowest BCUT2D eigenvalue weighted by Gasteiger charge is -2.33. The van der Waals surface area contributed by atoms with Crippen LogP contribution in [0.2, 0.25) is 0 Å². The van der Waals surface area contributed by atoms with Gasteiger partial charge in [-0.2, -0.15) is 0 Å². The van der Waals surface area contributed by atoms with Gasteiger partial charge in [0.05, 0.1) is 11.9 Å². The third kappa shape index (κ3) is 7.28. The third-order valence-electron chi connectivity index (χ3n) is 5.52. The molecule has 0 bridgehead atoms. The van der Waals surface area contributed by atoms with Gasteiger partial charge in [0.1, 0.15) is 18.4 Å². The molecule has 7 nitrogen and oxygen atoms in total. The fraction of sp³-hybridized carbons (Fsp3) is 0.440. The molecule has 2 rings (SSSR count). The van der Waals surface area contributed by atoms with Crippen LogP contribution in [0.4, 0.5) is 10.1 Å². The van der Waals surface area contributed by atoms with Crippen molar-refractivity contribution in [3.8, 4) is 0 Å². The van der Waals surface area contributed by atoms with Crippen molar-refractivity contribution in [2.24, 2.45) is 0 Å². The molecule has 0 saturated heterocycles. The van der Waals surface area contributed by atoms with E-state index in [-0.39, 0.29) is 12.5 Å². The van der Waals surface area contributed by atoms with Crippen molar-refractivity contribution in [2.75, 3.05) is 23.7 Å². The number of amides is 2. The van der Waals surface area contributed by atoms with Gasteiger partial charge in [0, 0.05) is 13.1 Å². The Morgan fingerprint density at radius 1 is 1.03 bits per heavy atom. The van der Waals surface area contributed by atoms with E-state index in [1.807, 2.05) is 26.0 Å². The molecule has 0 radical (unpaired) electrons. The first-order chi connectivity index (χ1) is 16.1. The zero-order valence-corrected chi connectivity index (χ0v) is 21.1. The number of hydrogen-bond donors (Lipinski definition) is 1. The monoisotopic (exact) mass is 491 g/mol. The fourth-order valence-corrected chi connectivity index (χ4v) is 4.60. The van der Waals surface area contributed by atoms with Crippen LogP contribution in [0.3, 0.4) is 0 Å². The SMILES string of the molecule is CCCNC(=O)C(CC)N(Cc1ccc(F)cc1)C(=O)CN(c1ccccc1CC)S(C)(=O)=O. The van der Waals surface area contributed by atoms with Gasteiger partial charge in [-0.25, -0.2) is 12.8 Å². The summed E-state index contributed by atoms with van der Waals surface area (Å²) in [7, 11) is -3.79. The Labute approximate surface area is 202 Å². The third-order valence-corrected chi connectivity index (χ3v) is 6.65. The summed E-state index contributed by atoms with van der Waals surface area (Å²) in [6, 6.07) is 11.9. The Morgan fingerprint density at radius 3 is 2.24 bits per heavy atom. The lowest BCUT2D eigenvalue weighted by atomic mass is 10.1. The highest BCUT2D eigenvalue weighted by Crippen LogP contribution is 2.24. The molecule has 0 aliphatic heterocycles. The summed E-state index contributed by atoms with van der Waals surface area (Å²) < 4.78 is 39.9. The number of anilines is 1. The second-order valence-corrected chi connectivity index (χ2v) is 10.0. The van der Waals surface area contributed by atoms with Crippen molar-refractivity contribution in [3.63, 3.8) is 0 Å². The molecule has 2 aromatic carbocycles. The molecular weight excluding hydrogens is 457 g/mol. The zero-order chi connectivity index (χ0) is 25.3. The molecule has 0 fully saturated rings. The van der Waals surface area contributed by atoms with Crippen molar-refractivity contribution >= 4 is 27.5 Å². The zero-order valence-electron chi connectivity index (χ0n) is 20.3. The molecule has 0 aliphatic rings. The van der Waals surface area contributed by atoms with Gasteiger partial charge >= 0.3 is 0 Å². The minimum absolute atomic E-state index is 0.0458. The Hall–Kier alpha value is -2.94. The molecule has 0 aromatic heterocycles. The van der Waals surface area contributed by atoms with Crippen molar-refractivity contribution < 1.29 is 22.4 Å². The molecule has 1 atom stereocenters. The molecule has 34 heavy (non-hydrogen) atoms. The first kappa shape index (κ1) is 27.3. The standard InChI is InChI=1S/C25H34FN3O4S/c1-5-16-27-25(31)22(7-3)28(17-19-12-14-21(26)15-13-19)24(30)18-29(34(4,32)33)23-11-9-8-10-20(23)6-2/h8-15,22H,5-7,16-18H2,1-4H3,(H,27,31). The number of carbonyl (C=O) groups excluding carboxylic acids is 2. The Balaban J connectivity index is 2.45. The summed E-state index contributed by atoms with van der Waals surface area (Å²) in [6.45, 7) is 5.69. The van der Waals surface area contributed by atoms with E-state index in [4.69, 9.17) is 0 Å². The van der Waals surface area contributed by atoms with Gasteiger partial charge in [0.2, 0.25) is 21.8 Å². The van der Waals surface area contributed by atoms with Crippen LogP contribution >= 0.6 is 0 Å². The van der Waals surface area contributed by atoms with E-state index in [2.05, 4.69) is 5.32 Å². The number of para-hydroxylation sites is 1. The van der Waals surface area contributed by atoms with E-state index < -0.39 is 34.3 Å². The summed E-state index contributed by atoms with van der Waals surface area (Å²) in [5, 5.41) is 2.82. The van der Waals surface area contributed by atoms with Gasteiger partial charge in [0.15, 0.2) is 0 Å². The molecule has 0 spiro atoms. The molecular formula is C25H34FN3O4S. The van der Waals surface area contributed by atoms with Crippen molar-refractivity contribution in [3.05, 3.63) is 65.5 Å². The van der Waals surface area contributed by atoms with Crippen LogP contribution in [0.1, 0.15) is 44.7 Å². The van der Waals surface area contributed by atoms with E-state index >= 15 is 0 Å². The predicted molar refractivity (Wildman–Crippen MR) is 132 cm³/mol. The number of carbonyl (C=O) groups is 2. The van der Waals surface area contributed by atoms with Crippen LogP contribution in [0, 0.1) is 5.82 Å². The highest BCUT2D eigenvalue weighted by atomic mass is 32.2. The summed E-state index contributed by atoms with van der Waals surface area (Å²) in [6.07, 6.45) is 2.73. The second kappa shape index (κ2) is 12.5. The summed E-state index contributed by atoms with van der Waals surface area (Å²) in [5.41, 5.74) is 1.86. The number of aryl methyl sites for hydroxylation is 1. The average Bonchev–Trinajstić information content (AvgIpc) is 2.81. The maximum Gasteiger partial charge on any atom is 0.244 e. The quantitative estimate of drug-likeness (QED) is 0.492. The molecule has 0 heterocycles. The van der Waals surface area contributed by atoms with Crippen LogP contribution in [0.25, 0.3) is 0 Å².